The minimum absolute atomic E-state index is 0.0973. The van der Waals surface area contributed by atoms with E-state index >= 15 is 0 Å². The number of nitro benzene ring substituents is 1. The molecule has 3 aromatic carbocycles. The Morgan fingerprint density at radius 2 is 1.62 bits per heavy atom. The Bertz CT molecular complexity index is 1470. The Morgan fingerprint density at radius 1 is 1.00 bits per heavy atom. The van der Waals surface area contributed by atoms with Gasteiger partial charge in [-0.2, -0.15) is 0 Å². The molecule has 0 radical (unpaired) electrons. The van der Waals surface area contributed by atoms with Gasteiger partial charge in [0.15, 0.2) is 0 Å². The van der Waals surface area contributed by atoms with Crippen LogP contribution in [0.3, 0.4) is 0 Å². The van der Waals surface area contributed by atoms with Crippen LogP contribution < -0.4 is 9.62 Å². The molecule has 0 fully saturated rings. The van der Waals surface area contributed by atoms with Gasteiger partial charge in [0.2, 0.25) is 11.8 Å². The third kappa shape index (κ3) is 7.63. The van der Waals surface area contributed by atoms with E-state index in [4.69, 9.17) is 0 Å². The van der Waals surface area contributed by atoms with Crippen molar-refractivity contribution in [3.8, 4) is 0 Å². The summed E-state index contributed by atoms with van der Waals surface area (Å²) in [4.78, 5) is 38.7. The second-order valence-corrected chi connectivity index (χ2v) is 12.0. The highest BCUT2D eigenvalue weighted by Gasteiger charge is 2.33. The van der Waals surface area contributed by atoms with E-state index in [-0.39, 0.29) is 22.8 Å². The van der Waals surface area contributed by atoms with Crippen LogP contribution in [0.15, 0.2) is 83.8 Å². The molecule has 2 amide bonds. The average Bonchev–Trinajstić information content (AvgIpc) is 2.90. The van der Waals surface area contributed by atoms with Gasteiger partial charge in [-0.1, -0.05) is 36.4 Å². The zero-order valence-electron chi connectivity index (χ0n) is 22.6. The number of rotatable bonds is 10. The molecule has 12 heteroatoms. The van der Waals surface area contributed by atoms with Crippen molar-refractivity contribution in [3.05, 3.63) is 100 Å². The molecule has 0 aromatic heterocycles. The van der Waals surface area contributed by atoms with Gasteiger partial charge in [0, 0.05) is 24.2 Å². The molecular weight excluding hydrogens is 539 g/mol. The molecule has 0 saturated heterocycles. The van der Waals surface area contributed by atoms with Crippen molar-refractivity contribution in [1.82, 2.24) is 10.2 Å². The highest BCUT2D eigenvalue weighted by molar-refractivity contribution is 7.92. The number of nitrogens with zero attached hydrogens (tertiary/aromatic N) is 3. The quantitative estimate of drug-likeness (QED) is 0.286. The Kier molecular flexibility index (Phi) is 9.25. The van der Waals surface area contributed by atoms with Crippen LogP contribution in [0.2, 0.25) is 0 Å². The lowest BCUT2D eigenvalue weighted by Crippen LogP contribution is -2.54. The van der Waals surface area contributed by atoms with Gasteiger partial charge in [0.25, 0.3) is 15.7 Å². The SMILES string of the molecule is C[C@@H](C(=O)NC(C)(C)C)N(Cc1ccc(F)cc1)C(=O)CN(c1cccc([N+](=O)[O-])c1)S(=O)(=O)c1ccccc1. The fraction of sp³-hybridized carbons (Fsp3) is 0.286. The first-order valence-corrected chi connectivity index (χ1v) is 13.8. The maximum atomic E-state index is 13.8. The molecule has 3 aromatic rings. The molecule has 0 aliphatic rings. The van der Waals surface area contributed by atoms with Crippen molar-refractivity contribution in [2.75, 3.05) is 10.8 Å². The number of nitrogens with one attached hydrogen (secondary N) is 1. The summed E-state index contributed by atoms with van der Waals surface area (Å²) in [6.45, 7) is 5.96. The molecule has 10 nitrogen and oxygen atoms in total. The predicted octanol–water partition coefficient (Wildman–Crippen LogP) is 4.26. The smallest absolute Gasteiger partial charge is 0.271 e. The predicted molar refractivity (Wildman–Crippen MR) is 148 cm³/mol. The van der Waals surface area contributed by atoms with Crippen LogP contribution in [-0.4, -0.2) is 48.2 Å². The Hall–Kier alpha value is -4.32. The maximum Gasteiger partial charge on any atom is 0.271 e. The second-order valence-electron chi connectivity index (χ2n) is 10.2. The molecule has 0 aliphatic heterocycles. The fourth-order valence-electron chi connectivity index (χ4n) is 3.85. The van der Waals surface area contributed by atoms with E-state index in [2.05, 4.69) is 5.32 Å². The number of carbonyl (C=O) groups is 2. The van der Waals surface area contributed by atoms with Crippen LogP contribution in [0, 0.1) is 15.9 Å². The normalized spacial score (nSPS) is 12.3. The number of hydrogen-bond acceptors (Lipinski definition) is 6. The molecule has 1 N–H and O–H groups in total. The minimum Gasteiger partial charge on any atom is -0.350 e. The second kappa shape index (κ2) is 12.2. The van der Waals surface area contributed by atoms with Crippen molar-refractivity contribution in [3.63, 3.8) is 0 Å². The molecule has 0 bridgehead atoms. The van der Waals surface area contributed by atoms with E-state index in [1.807, 2.05) is 0 Å². The Morgan fingerprint density at radius 3 is 2.20 bits per heavy atom. The molecule has 3 rings (SSSR count). The zero-order chi connectivity index (χ0) is 29.7. The standard InChI is InChI=1S/C28H31FN4O6S/c1-20(27(35)30-28(2,3)4)31(18-21-13-15-22(29)16-14-21)26(34)19-32(23-9-8-10-24(17-23)33(36)37)40(38,39)25-11-6-5-7-12-25/h5-17,20H,18-19H2,1-4H3,(H,30,35)/t20-/m0/s1. The average molecular weight is 571 g/mol. The first-order chi connectivity index (χ1) is 18.7. The minimum atomic E-state index is -4.37. The van der Waals surface area contributed by atoms with E-state index in [0.717, 1.165) is 10.4 Å². The van der Waals surface area contributed by atoms with Crippen molar-refractivity contribution in [1.29, 1.82) is 0 Å². The van der Waals surface area contributed by atoms with E-state index in [0.29, 0.717) is 5.56 Å². The molecular formula is C28H31FN4O6S. The number of carbonyl (C=O) groups excluding carboxylic acids is 2. The number of non-ortho nitro benzene ring substituents is 1. The van der Waals surface area contributed by atoms with E-state index in [9.17, 15) is 32.5 Å². The largest absolute Gasteiger partial charge is 0.350 e. The number of nitro groups is 1. The number of anilines is 1. The summed E-state index contributed by atoms with van der Waals surface area (Å²) in [6, 6.07) is 16.6. The van der Waals surface area contributed by atoms with Crippen molar-refractivity contribution < 1.29 is 27.3 Å². The van der Waals surface area contributed by atoms with Gasteiger partial charge in [-0.25, -0.2) is 12.8 Å². The van der Waals surface area contributed by atoms with Gasteiger partial charge in [-0.3, -0.25) is 24.0 Å². The van der Waals surface area contributed by atoms with Gasteiger partial charge < -0.3 is 10.2 Å². The number of sulfonamides is 1. The third-order valence-electron chi connectivity index (χ3n) is 5.87. The summed E-state index contributed by atoms with van der Waals surface area (Å²) in [5.41, 5.74) is -0.557. The Balaban J connectivity index is 2.06. The van der Waals surface area contributed by atoms with Crippen LogP contribution >= 0.6 is 0 Å². The zero-order valence-corrected chi connectivity index (χ0v) is 23.4. The van der Waals surface area contributed by atoms with Crippen LogP contribution in [0.1, 0.15) is 33.3 Å². The van der Waals surface area contributed by atoms with E-state index in [1.54, 1.807) is 26.8 Å². The lowest BCUT2D eigenvalue weighted by molar-refractivity contribution is -0.384. The van der Waals surface area contributed by atoms with Gasteiger partial charge in [0.05, 0.1) is 15.5 Å². The van der Waals surface area contributed by atoms with Crippen LogP contribution in [0.25, 0.3) is 0 Å². The van der Waals surface area contributed by atoms with Crippen molar-refractivity contribution in [2.24, 2.45) is 0 Å². The summed E-state index contributed by atoms with van der Waals surface area (Å²) in [7, 11) is -4.37. The number of benzene rings is 3. The molecule has 0 spiro atoms. The van der Waals surface area contributed by atoms with Gasteiger partial charge >= 0.3 is 0 Å². The molecule has 0 heterocycles. The van der Waals surface area contributed by atoms with Gasteiger partial charge in [-0.05, 0) is 63.6 Å². The monoisotopic (exact) mass is 570 g/mol. The first-order valence-electron chi connectivity index (χ1n) is 12.4. The molecule has 0 unspecified atom stereocenters. The summed E-state index contributed by atoms with van der Waals surface area (Å²) in [5.74, 6) is -1.70. The molecule has 1 atom stereocenters. The molecule has 40 heavy (non-hydrogen) atoms. The number of halogens is 1. The van der Waals surface area contributed by atoms with Gasteiger partial charge in [-0.15, -0.1) is 0 Å². The number of hydrogen-bond donors (Lipinski definition) is 1. The molecule has 212 valence electrons. The summed E-state index contributed by atoms with van der Waals surface area (Å²) in [6.07, 6.45) is 0. The fourth-order valence-corrected chi connectivity index (χ4v) is 5.28. The third-order valence-corrected chi connectivity index (χ3v) is 7.66. The highest BCUT2D eigenvalue weighted by Crippen LogP contribution is 2.27. The van der Waals surface area contributed by atoms with Crippen molar-refractivity contribution in [2.45, 2.75) is 50.7 Å². The topological polar surface area (TPSA) is 130 Å². The maximum absolute atomic E-state index is 13.8. The molecule has 0 aliphatic carbocycles. The van der Waals surface area contributed by atoms with E-state index in [1.165, 1.54) is 78.6 Å². The van der Waals surface area contributed by atoms with Crippen molar-refractivity contribution >= 4 is 33.2 Å². The summed E-state index contributed by atoms with van der Waals surface area (Å²) < 4.78 is 41.8. The first kappa shape index (κ1) is 30.2. The Labute approximate surface area is 232 Å². The van der Waals surface area contributed by atoms with Gasteiger partial charge in [0.1, 0.15) is 18.4 Å². The lowest BCUT2D eigenvalue weighted by atomic mass is 10.1. The summed E-state index contributed by atoms with van der Waals surface area (Å²) >= 11 is 0. The lowest BCUT2D eigenvalue weighted by Gasteiger charge is -2.33. The van der Waals surface area contributed by atoms with Crippen LogP contribution in [0.5, 0.6) is 0 Å². The number of amides is 2. The summed E-state index contributed by atoms with van der Waals surface area (Å²) in [5, 5.41) is 14.2. The molecule has 0 saturated carbocycles. The van der Waals surface area contributed by atoms with E-state index < -0.39 is 50.7 Å². The van der Waals surface area contributed by atoms with Crippen LogP contribution in [-0.2, 0) is 26.2 Å². The van der Waals surface area contributed by atoms with Crippen LogP contribution in [0.4, 0.5) is 15.8 Å². The highest BCUT2D eigenvalue weighted by atomic mass is 32.2.